The van der Waals surface area contributed by atoms with Crippen LogP contribution in [0.5, 0.6) is 0 Å². The van der Waals surface area contributed by atoms with Crippen LogP contribution in [-0.2, 0) is 0 Å². The number of aliphatic hydroxyl groups excluding tert-OH is 1. The molecule has 0 bridgehead atoms. The molecule has 0 unspecified atom stereocenters. The van der Waals surface area contributed by atoms with Crippen LogP contribution in [-0.4, -0.2) is 11.2 Å². The third-order valence-electron chi connectivity index (χ3n) is 1.54. The van der Waals surface area contributed by atoms with Gasteiger partial charge in [-0.2, -0.15) is 0 Å². The number of halogens is 1. The first-order valence-electron chi connectivity index (χ1n) is 3.59. The van der Waals surface area contributed by atoms with Gasteiger partial charge in [0, 0.05) is 0 Å². The van der Waals surface area contributed by atoms with Crippen LogP contribution >= 0.6 is 0 Å². The molecule has 60 valence electrons. The highest BCUT2D eigenvalue weighted by atomic mass is 19.1. The molecule has 0 aliphatic heterocycles. The van der Waals surface area contributed by atoms with E-state index in [2.05, 4.69) is 0 Å². The SMILES string of the molecule is C[C@@H](O)[C@@H](F)c1ccccc1. The average molecular weight is 154 g/mol. The lowest BCUT2D eigenvalue weighted by molar-refractivity contribution is 0.0933. The van der Waals surface area contributed by atoms with E-state index >= 15 is 0 Å². The topological polar surface area (TPSA) is 20.2 Å². The summed E-state index contributed by atoms with van der Waals surface area (Å²) in [7, 11) is 0. The van der Waals surface area contributed by atoms with Gasteiger partial charge in [-0.1, -0.05) is 30.3 Å². The summed E-state index contributed by atoms with van der Waals surface area (Å²) in [6.07, 6.45) is -2.20. The van der Waals surface area contributed by atoms with Gasteiger partial charge in [0.2, 0.25) is 0 Å². The zero-order valence-corrected chi connectivity index (χ0v) is 6.37. The van der Waals surface area contributed by atoms with Gasteiger partial charge in [-0.25, -0.2) is 4.39 Å². The van der Waals surface area contributed by atoms with E-state index in [4.69, 9.17) is 5.11 Å². The molecule has 1 aromatic rings. The van der Waals surface area contributed by atoms with Crippen molar-refractivity contribution in [3.8, 4) is 0 Å². The second kappa shape index (κ2) is 3.49. The summed E-state index contributed by atoms with van der Waals surface area (Å²) >= 11 is 0. The molecule has 0 fully saturated rings. The minimum Gasteiger partial charge on any atom is -0.390 e. The van der Waals surface area contributed by atoms with Crippen molar-refractivity contribution in [2.24, 2.45) is 0 Å². The van der Waals surface area contributed by atoms with Gasteiger partial charge < -0.3 is 5.11 Å². The van der Waals surface area contributed by atoms with Crippen molar-refractivity contribution in [3.05, 3.63) is 35.9 Å². The predicted molar refractivity (Wildman–Crippen MR) is 42.0 cm³/mol. The largest absolute Gasteiger partial charge is 0.390 e. The molecule has 0 spiro atoms. The molecular formula is C9H11FO. The lowest BCUT2D eigenvalue weighted by Gasteiger charge is -2.10. The Morgan fingerprint density at radius 3 is 2.27 bits per heavy atom. The number of benzene rings is 1. The van der Waals surface area contributed by atoms with Gasteiger partial charge in [0.05, 0.1) is 6.10 Å². The maximum atomic E-state index is 13.0. The third-order valence-corrected chi connectivity index (χ3v) is 1.54. The summed E-state index contributed by atoms with van der Waals surface area (Å²) in [5.41, 5.74) is 0.530. The van der Waals surface area contributed by atoms with E-state index in [1.807, 2.05) is 6.07 Å². The summed E-state index contributed by atoms with van der Waals surface area (Å²) in [5.74, 6) is 0. The fourth-order valence-corrected chi connectivity index (χ4v) is 0.915. The Balaban J connectivity index is 2.77. The van der Waals surface area contributed by atoms with Gasteiger partial charge in [0.1, 0.15) is 0 Å². The summed E-state index contributed by atoms with van der Waals surface area (Å²) in [5, 5.41) is 8.90. The van der Waals surface area contributed by atoms with Crippen molar-refractivity contribution in [1.29, 1.82) is 0 Å². The number of rotatable bonds is 2. The van der Waals surface area contributed by atoms with Gasteiger partial charge in [-0.15, -0.1) is 0 Å². The first-order chi connectivity index (χ1) is 5.22. The van der Waals surface area contributed by atoms with E-state index in [0.29, 0.717) is 5.56 Å². The van der Waals surface area contributed by atoms with Crippen LogP contribution < -0.4 is 0 Å². The van der Waals surface area contributed by atoms with Crippen LogP contribution in [0.15, 0.2) is 30.3 Å². The zero-order chi connectivity index (χ0) is 8.27. The van der Waals surface area contributed by atoms with Gasteiger partial charge in [0.25, 0.3) is 0 Å². The summed E-state index contributed by atoms with van der Waals surface area (Å²) in [6, 6.07) is 8.65. The highest BCUT2D eigenvalue weighted by Crippen LogP contribution is 2.20. The predicted octanol–water partition coefficient (Wildman–Crippen LogP) is 2.08. The molecule has 0 aliphatic carbocycles. The molecule has 1 nitrogen and oxygen atoms in total. The Morgan fingerprint density at radius 1 is 1.27 bits per heavy atom. The Labute approximate surface area is 65.5 Å². The second-order valence-corrected chi connectivity index (χ2v) is 2.55. The van der Waals surface area contributed by atoms with Crippen molar-refractivity contribution in [2.75, 3.05) is 0 Å². The Morgan fingerprint density at radius 2 is 1.82 bits per heavy atom. The first kappa shape index (κ1) is 8.21. The molecule has 1 rings (SSSR count). The van der Waals surface area contributed by atoms with Crippen molar-refractivity contribution in [2.45, 2.75) is 19.2 Å². The van der Waals surface area contributed by atoms with E-state index in [1.54, 1.807) is 24.3 Å². The molecule has 0 saturated carbocycles. The Bertz CT molecular complexity index is 208. The van der Waals surface area contributed by atoms with Crippen molar-refractivity contribution < 1.29 is 9.50 Å². The minimum absolute atomic E-state index is 0.530. The lowest BCUT2D eigenvalue weighted by atomic mass is 10.1. The zero-order valence-electron chi connectivity index (χ0n) is 6.37. The summed E-state index contributed by atoms with van der Waals surface area (Å²) in [6.45, 7) is 1.44. The summed E-state index contributed by atoms with van der Waals surface area (Å²) < 4.78 is 13.0. The van der Waals surface area contributed by atoms with E-state index in [0.717, 1.165) is 0 Å². The molecule has 11 heavy (non-hydrogen) atoms. The fourth-order valence-electron chi connectivity index (χ4n) is 0.915. The quantitative estimate of drug-likeness (QED) is 0.691. The van der Waals surface area contributed by atoms with Gasteiger partial charge in [-0.05, 0) is 12.5 Å². The smallest absolute Gasteiger partial charge is 0.151 e. The number of aliphatic hydroxyl groups is 1. The molecule has 2 atom stereocenters. The molecule has 0 saturated heterocycles. The van der Waals surface area contributed by atoms with Gasteiger partial charge in [-0.3, -0.25) is 0 Å². The molecule has 2 heteroatoms. The molecule has 1 aromatic carbocycles. The van der Waals surface area contributed by atoms with E-state index in [9.17, 15) is 4.39 Å². The lowest BCUT2D eigenvalue weighted by Crippen LogP contribution is -2.09. The molecule has 1 N–H and O–H groups in total. The molecule has 0 radical (unpaired) electrons. The van der Waals surface area contributed by atoms with Crippen molar-refractivity contribution in [1.82, 2.24) is 0 Å². The van der Waals surface area contributed by atoms with Crippen LogP contribution in [0.25, 0.3) is 0 Å². The first-order valence-corrected chi connectivity index (χ1v) is 3.59. The highest BCUT2D eigenvalue weighted by Gasteiger charge is 2.14. The number of alkyl halides is 1. The maximum Gasteiger partial charge on any atom is 0.151 e. The molecule has 0 amide bonds. The third kappa shape index (κ3) is 2.02. The summed E-state index contributed by atoms with van der Waals surface area (Å²) in [4.78, 5) is 0. The highest BCUT2D eigenvalue weighted by molar-refractivity contribution is 5.18. The van der Waals surface area contributed by atoms with Gasteiger partial charge >= 0.3 is 0 Å². The fraction of sp³-hybridized carbons (Fsp3) is 0.333. The van der Waals surface area contributed by atoms with E-state index < -0.39 is 12.3 Å². The van der Waals surface area contributed by atoms with Gasteiger partial charge in [0.15, 0.2) is 6.17 Å². The van der Waals surface area contributed by atoms with Crippen LogP contribution in [0.4, 0.5) is 4.39 Å². The second-order valence-electron chi connectivity index (χ2n) is 2.55. The van der Waals surface area contributed by atoms with Crippen LogP contribution in [0.2, 0.25) is 0 Å². The van der Waals surface area contributed by atoms with Crippen LogP contribution in [0.1, 0.15) is 18.7 Å². The van der Waals surface area contributed by atoms with Crippen LogP contribution in [0, 0.1) is 0 Å². The maximum absolute atomic E-state index is 13.0. The van der Waals surface area contributed by atoms with Crippen molar-refractivity contribution in [3.63, 3.8) is 0 Å². The number of hydrogen-bond acceptors (Lipinski definition) is 1. The minimum atomic E-state index is -1.27. The number of hydrogen-bond donors (Lipinski definition) is 1. The Kier molecular flexibility index (Phi) is 2.60. The standard InChI is InChI=1S/C9H11FO/c1-7(11)9(10)8-5-3-2-4-6-8/h2-7,9,11H,1H3/t7-,9-/m1/s1. The Hall–Kier alpha value is -0.890. The van der Waals surface area contributed by atoms with E-state index in [1.165, 1.54) is 6.92 Å². The molecule has 0 aliphatic rings. The van der Waals surface area contributed by atoms with E-state index in [-0.39, 0.29) is 0 Å². The molecule has 0 heterocycles. The van der Waals surface area contributed by atoms with Crippen LogP contribution in [0.3, 0.4) is 0 Å². The average Bonchev–Trinajstić information content (AvgIpc) is 2.05. The normalized spacial score (nSPS) is 15.9. The monoisotopic (exact) mass is 154 g/mol. The molecule has 0 aromatic heterocycles. The molecular weight excluding hydrogens is 143 g/mol. The van der Waals surface area contributed by atoms with Crippen molar-refractivity contribution >= 4 is 0 Å².